The van der Waals surface area contributed by atoms with Crippen LogP contribution in [0.1, 0.15) is 63.4 Å². The Kier molecular flexibility index (Phi) is 4.62. The summed E-state index contributed by atoms with van der Waals surface area (Å²) in [4.78, 5) is 0. The highest BCUT2D eigenvalue weighted by molar-refractivity contribution is 5.31. The minimum absolute atomic E-state index is 0.495. The Morgan fingerprint density at radius 2 is 1.80 bits per heavy atom. The van der Waals surface area contributed by atoms with Crippen molar-refractivity contribution in [3.63, 3.8) is 0 Å². The smallest absolute Gasteiger partial charge is 0.119 e. The van der Waals surface area contributed by atoms with Crippen molar-refractivity contribution >= 4 is 0 Å². The molecule has 2 nitrogen and oxygen atoms in total. The Hall–Kier alpha value is -1.02. The topological polar surface area (TPSA) is 21.3 Å². The lowest BCUT2D eigenvalue weighted by Gasteiger charge is -2.33. The van der Waals surface area contributed by atoms with Crippen LogP contribution in [0, 0.1) is 0 Å². The molecule has 110 valence electrons. The van der Waals surface area contributed by atoms with Gasteiger partial charge < -0.3 is 10.1 Å². The van der Waals surface area contributed by atoms with Crippen molar-refractivity contribution in [3.8, 4) is 5.75 Å². The van der Waals surface area contributed by atoms with E-state index in [-0.39, 0.29) is 0 Å². The molecule has 1 aromatic carbocycles. The van der Waals surface area contributed by atoms with Crippen molar-refractivity contribution < 1.29 is 4.74 Å². The van der Waals surface area contributed by atoms with Gasteiger partial charge in [0.25, 0.3) is 0 Å². The molecule has 20 heavy (non-hydrogen) atoms. The molecule has 0 bridgehead atoms. The van der Waals surface area contributed by atoms with Gasteiger partial charge in [0.15, 0.2) is 0 Å². The molecule has 2 unspecified atom stereocenters. The fraction of sp³-hybridized carbons (Fsp3) is 0.667. The van der Waals surface area contributed by atoms with E-state index in [1.807, 2.05) is 0 Å². The van der Waals surface area contributed by atoms with Crippen molar-refractivity contribution in [2.75, 3.05) is 6.54 Å². The molecule has 2 aliphatic carbocycles. The summed E-state index contributed by atoms with van der Waals surface area (Å²) < 4.78 is 5.84. The third-order valence-corrected chi connectivity index (χ3v) is 4.56. The van der Waals surface area contributed by atoms with Crippen LogP contribution in [-0.4, -0.2) is 18.7 Å². The first kappa shape index (κ1) is 13.9. The van der Waals surface area contributed by atoms with Gasteiger partial charge >= 0.3 is 0 Å². The number of nitrogens with one attached hydrogen (secondary N) is 1. The summed E-state index contributed by atoms with van der Waals surface area (Å²) in [6.45, 7) is 3.39. The molecule has 2 aliphatic rings. The summed E-state index contributed by atoms with van der Waals surface area (Å²) in [5.41, 5.74) is 1.49. The van der Waals surface area contributed by atoms with E-state index in [1.165, 1.54) is 50.5 Å². The molecule has 0 radical (unpaired) electrons. The Morgan fingerprint density at radius 1 is 1.05 bits per heavy atom. The van der Waals surface area contributed by atoms with Gasteiger partial charge in [0, 0.05) is 6.04 Å². The number of benzene rings is 1. The number of hydrogen-bond acceptors (Lipinski definition) is 2. The lowest BCUT2D eigenvalue weighted by atomic mass is 9.80. The van der Waals surface area contributed by atoms with E-state index in [1.54, 1.807) is 0 Å². The Bertz CT molecular complexity index is 410. The first-order valence-electron chi connectivity index (χ1n) is 8.37. The average molecular weight is 273 g/mol. The lowest BCUT2D eigenvalue weighted by molar-refractivity contribution is 0.302. The molecule has 0 amide bonds. The summed E-state index contributed by atoms with van der Waals surface area (Å²) in [5, 5.41) is 3.75. The predicted molar refractivity (Wildman–Crippen MR) is 83.4 cm³/mol. The van der Waals surface area contributed by atoms with Gasteiger partial charge in [-0.05, 0) is 62.3 Å². The predicted octanol–water partition coefficient (Wildman–Crippen LogP) is 4.25. The Balaban J connectivity index is 1.65. The number of rotatable bonds is 6. The van der Waals surface area contributed by atoms with Crippen LogP contribution >= 0.6 is 0 Å². The van der Waals surface area contributed by atoms with E-state index in [2.05, 4.69) is 36.5 Å². The average Bonchev–Trinajstić information content (AvgIpc) is 3.30. The zero-order chi connectivity index (χ0) is 13.8. The third-order valence-electron chi connectivity index (χ3n) is 4.56. The van der Waals surface area contributed by atoms with Gasteiger partial charge in [0.1, 0.15) is 5.75 Å². The molecule has 2 saturated carbocycles. The lowest BCUT2D eigenvalue weighted by Crippen LogP contribution is -2.37. The Labute approximate surface area is 122 Å². The van der Waals surface area contributed by atoms with Crippen LogP contribution in [0.2, 0.25) is 0 Å². The van der Waals surface area contributed by atoms with Gasteiger partial charge in [0.05, 0.1) is 6.10 Å². The molecule has 1 N–H and O–H groups in total. The molecule has 2 fully saturated rings. The molecular weight excluding hydrogens is 246 g/mol. The van der Waals surface area contributed by atoms with Crippen LogP contribution in [0.3, 0.4) is 0 Å². The van der Waals surface area contributed by atoms with Crippen LogP contribution in [0.4, 0.5) is 0 Å². The van der Waals surface area contributed by atoms with Crippen molar-refractivity contribution in [1.82, 2.24) is 5.32 Å². The second kappa shape index (κ2) is 6.62. The second-order valence-corrected chi connectivity index (χ2v) is 6.34. The quantitative estimate of drug-likeness (QED) is 0.836. The van der Waals surface area contributed by atoms with Crippen LogP contribution in [0.25, 0.3) is 0 Å². The SMILES string of the molecule is CCCNC1CCCCC1c1ccc(OC2CC2)cc1. The van der Waals surface area contributed by atoms with E-state index >= 15 is 0 Å². The fourth-order valence-corrected chi connectivity index (χ4v) is 3.28. The van der Waals surface area contributed by atoms with Gasteiger partial charge in [-0.25, -0.2) is 0 Å². The van der Waals surface area contributed by atoms with Crippen LogP contribution in [-0.2, 0) is 0 Å². The zero-order valence-corrected chi connectivity index (χ0v) is 12.6. The highest BCUT2D eigenvalue weighted by Gasteiger charge is 2.26. The molecule has 2 heteroatoms. The van der Waals surface area contributed by atoms with E-state index in [4.69, 9.17) is 4.74 Å². The van der Waals surface area contributed by atoms with E-state index in [0.29, 0.717) is 18.1 Å². The summed E-state index contributed by atoms with van der Waals surface area (Å²) in [6, 6.07) is 9.57. The molecule has 3 rings (SSSR count). The maximum Gasteiger partial charge on any atom is 0.119 e. The molecule has 0 spiro atoms. The summed E-state index contributed by atoms with van der Waals surface area (Å²) in [7, 11) is 0. The molecule has 0 heterocycles. The molecule has 0 saturated heterocycles. The van der Waals surface area contributed by atoms with Gasteiger partial charge in [-0.2, -0.15) is 0 Å². The second-order valence-electron chi connectivity index (χ2n) is 6.34. The largest absolute Gasteiger partial charge is 0.490 e. The van der Waals surface area contributed by atoms with Crippen LogP contribution in [0.5, 0.6) is 5.75 Å². The minimum Gasteiger partial charge on any atom is -0.490 e. The summed E-state index contributed by atoms with van der Waals surface area (Å²) in [5.74, 6) is 1.73. The van der Waals surface area contributed by atoms with Crippen molar-refractivity contribution in [3.05, 3.63) is 29.8 Å². The maximum atomic E-state index is 5.84. The fourth-order valence-electron chi connectivity index (χ4n) is 3.28. The van der Waals surface area contributed by atoms with E-state index < -0.39 is 0 Å². The molecule has 0 aromatic heterocycles. The molecular formula is C18H27NO. The minimum atomic E-state index is 0.495. The maximum absolute atomic E-state index is 5.84. The summed E-state index contributed by atoms with van der Waals surface area (Å²) in [6.07, 6.45) is 9.57. The number of ether oxygens (including phenoxy) is 1. The normalized spacial score (nSPS) is 26.4. The van der Waals surface area contributed by atoms with Crippen molar-refractivity contribution in [1.29, 1.82) is 0 Å². The van der Waals surface area contributed by atoms with Crippen LogP contribution in [0.15, 0.2) is 24.3 Å². The van der Waals surface area contributed by atoms with Gasteiger partial charge in [-0.15, -0.1) is 0 Å². The van der Waals surface area contributed by atoms with E-state index in [0.717, 1.165) is 12.3 Å². The molecule has 2 atom stereocenters. The third kappa shape index (κ3) is 3.54. The van der Waals surface area contributed by atoms with Crippen molar-refractivity contribution in [2.24, 2.45) is 0 Å². The highest BCUT2D eigenvalue weighted by Crippen LogP contribution is 2.34. The molecule has 1 aromatic rings. The standard InChI is InChI=1S/C18H27NO/c1-2-13-19-18-6-4-3-5-17(18)14-7-9-15(10-8-14)20-16-11-12-16/h7-10,16-19H,2-6,11-13H2,1H3. The summed E-state index contributed by atoms with van der Waals surface area (Å²) >= 11 is 0. The monoisotopic (exact) mass is 273 g/mol. The number of hydrogen-bond donors (Lipinski definition) is 1. The van der Waals surface area contributed by atoms with Crippen LogP contribution < -0.4 is 10.1 Å². The van der Waals surface area contributed by atoms with E-state index in [9.17, 15) is 0 Å². The first-order chi connectivity index (χ1) is 9.86. The zero-order valence-electron chi connectivity index (χ0n) is 12.6. The first-order valence-corrected chi connectivity index (χ1v) is 8.37. The highest BCUT2D eigenvalue weighted by atomic mass is 16.5. The van der Waals surface area contributed by atoms with Gasteiger partial charge in [0.2, 0.25) is 0 Å². The molecule has 0 aliphatic heterocycles. The van der Waals surface area contributed by atoms with Gasteiger partial charge in [-0.3, -0.25) is 0 Å². The Morgan fingerprint density at radius 3 is 2.50 bits per heavy atom. The van der Waals surface area contributed by atoms with Gasteiger partial charge in [-0.1, -0.05) is 31.9 Å². The van der Waals surface area contributed by atoms with Crippen molar-refractivity contribution in [2.45, 2.75) is 69.9 Å².